The molecule has 0 saturated carbocycles. The molecule has 1 aliphatic heterocycles. The number of ketones is 1. The number of Topliss-reactive ketones (excluding diaryl/α,β-unsaturated/α-hetero) is 1. The molecule has 1 saturated heterocycles. The second kappa shape index (κ2) is 12.1. The Morgan fingerprint density at radius 3 is 2.45 bits per heavy atom. The number of aromatic nitrogens is 2. The molecule has 0 unspecified atom stereocenters. The van der Waals surface area contributed by atoms with E-state index < -0.39 is 0 Å². The lowest BCUT2D eigenvalue weighted by atomic mass is 9.90. The van der Waals surface area contributed by atoms with E-state index in [4.69, 9.17) is 9.72 Å². The number of ether oxygens (including phenoxy) is 1. The monoisotopic (exact) mass is 540 g/mol. The van der Waals surface area contributed by atoms with Crippen molar-refractivity contribution in [2.24, 2.45) is 13.0 Å². The van der Waals surface area contributed by atoms with Crippen molar-refractivity contribution < 1.29 is 14.3 Å². The number of carbonyl (C=O) groups is 2. The van der Waals surface area contributed by atoms with Crippen molar-refractivity contribution in [3.05, 3.63) is 71.2 Å². The van der Waals surface area contributed by atoms with Crippen LogP contribution in [0.1, 0.15) is 81.2 Å². The van der Waals surface area contributed by atoms with Crippen molar-refractivity contribution >= 4 is 11.7 Å². The van der Waals surface area contributed by atoms with Gasteiger partial charge in [0.2, 0.25) is 5.91 Å². The molecule has 0 spiro atoms. The number of nitriles is 1. The highest BCUT2D eigenvalue weighted by Gasteiger charge is 2.26. The number of aryl methyl sites for hydroxylation is 1. The average molecular weight is 541 g/mol. The largest absolute Gasteiger partial charge is 0.490 e. The zero-order chi connectivity index (χ0) is 29.0. The predicted molar refractivity (Wildman–Crippen MR) is 156 cm³/mol. The topological polar surface area (TPSA) is 88.2 Å². The minimum absolute atomic E-state index is 0.0379. The molecule has 0 bridgehead atoms. The third-order valence-electron chi connectivity index (χ3n) is 7.23. The molecule has 7 heteroatoms. The molecule has 1 aliphatic rings. The highest BCUT2D eigenvalue weighted by molar-refractivity contribution is 5.96. The number of likely N-dealkylation sites (tertiary alicyclic amines) is 1. The quantitative estimate of drug-likeness (QED) is 0.290. The van der Waals surface area contributed by atoms with E-state index in [1.54, 1.807) is 18.2 Å². The number of nitrogens with zero attached hydrogens (tertiary/aromatic N) is 4. The SMILES string of the molecule is CC(C)Oc1ccc(C(=O)C[C@@H](Cc2ccc(-c3cn(C)c(C(C)(C)C)n3)cc2)CN2CCCC2=O)cc1C#N. The van der Waals surface area contributed by atoms with Gasteiger partial charge >= 0.3 is 0 Å². The molecule has 0 aliphatic carbocycles. The van der Waals surface area contributed by atoms with Crippen LogP contribution in [-0.4, -0.2) is 45.3 Å². The molecule has 40 heavy (non-hydrogen) atoms. The molecule has 2 aromatic carbocycles. The van der Waals surface area contributed by atoms with E-state index in [-0.39, 0.29) is 35.5 Å². The van der Waals surface area contributed by atoms with Crippen molar-refractivity contribution in [3.8, 4) is 23.1 Å². The van der Waals surface area contributed by atoms with Gasteiger partial charge in [-0.25, -0.2) is 4.98 Å². The zero-order valence-corrected chi connectivity index (χ0v) is 24.5. The van der Waals surface area contributed by atoms with Crippen LogP contribution in [0, 0.1) is 17.2 Å². The van der Waals surface area contributed by atoms with E-state index in [2.05, 4.69) is 61.9 Å². The van der Waals surface area contributed by atoms with E-state index in [0.29, 0.717) is 36.3 Å². The molecule has 1 fully saturated rings. The van der Waals surface area contributed by atoms with Crippen LogP contribution in [0.4, 0.5) is 0 Å². The lowest BCUT2D eigenvalue weighted by Gasteiger charge is -2.24. The Hall–Kier alpha value is -3.92. The molecule has 1 amide bonds. The Morgan fingerprint density at radius 2 is 1.88 bits per heavy atom. The Kier molecular flexibility index (Phi) is 8.78. The first-order valence-electron chi connectivity index (χ1n) is 14.1. The van der Waals surface area contributed by atoms with Crippen LogP contribution < -0.4 is 4.74 Å². The maximum absolute atomic E-state index is 13.4. The molecule has 1 atom stereocenters. The van der Waals surface area contributed by atoms with E-state index in [9.17, 15) is 14.9 Å². The van der Waals surface area contributed by atoms with Gasteiger partial charge in [-0.05, 0) is 56.4 Å². The van der Waals surface area contributed by atoms with Crippen molar-refractivity contribution in [1.82, 2.24) is 14.5 Å². The minimum atomic E-state index is -0.0689. The highest BCUT2D eigenvalue weighted by atomic mass is 16.5. The number of benzene rings is 2. The van der Waals surface area contributed by atoms with Crippen molar-refractivity contribution in [3.63, 3.8) is 0 Å². The highest BCUT2D eigenvalue weighted by Crippen LogP contribution is 2.28. The maximum atomic E-state index is 13.4. The number of imidazole rings is 1. The van der Waals surface area contributed by atoms with Gasteiger partial charge in [-0.2, -0.15) is 5.26 Å². The second-order valence-electron chi connectivity index (χ2n) is 12.1. The van der Waals surface area contributed by atoms with Crippen LogP contribution in [0.5, 0.6) is 5.75 Å². The molecule has 1 aromatic heterocycles. The number of amides is 1. The summed E-state index contributed by atoms with van der Waals surface area (Å²) >= 11 is 0. The summed E-state index contributed by atoms with van der Waals surface area (Å²) in [7, 11) is 2.02. The summed E-state index contributed by atoms with van der Waals surface area (Å²) in [6.07, 6.45) is 4.38. The molecule has 210 valence electrons. The second-order valence-corrected chi connectivity index (χ2v) is 12.1. The fraction of sp³-hybridized carbons (Fsp3) is 0.455. The van der Waals surface area contributed by atoms with Gasteiger partial charge < -0.3 is 14.2 Å². The van der Waals surface area contributed by atoms with Crippen LogP contribution in [0.15, 0.2) is 48.7 Å². The average Bonchev–Trinajstić information content (AvgIpc) is 3.49. The fourth-order valence-corrected chi connectivity index (χ4v) is 5.38. The van der Waals surface area contributed by atoms with Crippen molar-refractivity contribution in [2.75, 3.05) is 13.1 Å². The van der Waals surface area contributed by atoms with Gasteiger partial charge in [0.1, 0.15) is 17.6 Å². The first-order valence-corrected chi connectivity index (χ1v) is 14.1. The minimum Gasteiger partial charge on any atom is -0.490 e. The number of hydrogen-bond donors (Lipinski definition) is 0. The van der Waals surface area contributed by atoms with Gasteiger partial charge in [0.15, 0.2) is 5.78 Å². The van der Waals surface area contributed by atoms with E-state index in [1.165, 1.54) is 0 Å². The molecular weight excluding hydrogens is 500 g/mol. The van der Waals surface area contributed by atoms with Gasteiger partial charge in [0.05, 0.1) is 17.4 Å². The fourth-order valence-electron chi connectivity index (χ4n) is 5.38. The summed E-state index contributed by atoms with van der Waals surface area (Å²) < 4.78 is 7.79. The first-order chi connectivity index (χ1) is 18.9. The summed E-state index contributed by atoms with van der Waals surface area (Å²) in [5.41, 5.74) is 3.89. The molecule has 2 heterocycles. The molecule has 4 rings (SSSR count). The van der Waals surface area contributed by atoms with Crippen LogP contribution in [0.2, 0.25) is 0 Å². The predicted octanol–water partition coefficient (Wildman–Crippen LogP) is 6.10. The van der Waals surface area contributed by atoms with Crippen LogP contribution in [0.25, 0.3) is 11.3 Å². The Morgan fingerprint density at radius 1 is 1.15 bits per heavy atom. The van der Waals surface area contributed by atoms with Crippen LogP contribution >= 0.6 is 0 Å². The van der Waals surface area contributed by atoms with Gasteiger partial charge in [-0.3, -0.25) is 9.59 Å². The summed E-state index contributed by atoms with van der Waals surface area (Å²) in [5.74, 6) is 1.59. The lowest BCUT2D eigenvalue weighted by molar-refractivity contribution is -0.128. The maximum Gasteiger partial charge on any atom is 0.222 e. The van der Waals surface area contributed by atoms with Gasteiger partial charge in [-0.1, -0.05) is 45.0 Å². The number of hydrogen-bond acceptors (Lipinski definition) is 5. The zero-order valence-electron chi connectivity index (χ0n) is 24.5. The van der Waals surface area contributed by atoms with E-state index >= 15 is 0 Å². The third kappa shape index (κ3) is 6.98. The van der Waals surface area contributed by atoms with Crippen LogP contribution in [0.3, 0.4) is 0 Å². The number of rotatable bonds is 10. The Labute approximate surface area is 237 Å². The summed E-state index contributed by atoms with van der Waals surface area (Å²) in [6.45, 7) is 11.5. The Balaban J connectivity index is 1.52. The molecular formula is C33H40N4O3. The summed E-state index contributed by atoms with van der Waals surface area (Å²) in [6, 6.07) is 15.5. The summed E-state index contributed by atoms with van der Waals surface area (Å²) in [5, 5.41) is 9.60. The molecule has 0 radical (unpaired) electrons. The van der Waals surface area contributed by atoms with Gasteiger partial charge in [0.25, 0.3) is 0 Å². The lowest BCUT2D eigenvalue weighted by Crippen LogP contribution is -2.32. The van der Waals surface area contributed by atoms with Gasteiger partial charge in [0, 0.05) is 55.7 Å². The smallest absolute Gasteiger partial charge is 0.222 e. The standard InChI is InChI=1S/C33H40N4O3/c1-22(2)40-30-14-13-26(18-27(30)19-34)29(38)17-24(20-37-15-7-8-31(37)39)16-23-9-11-25(12-10-23)28-21-36(6)32(35-28)33(3,4)5/h9-14,18,21-22,24H,7-8,15-17,20H2,1-6H3/t24-/m1/s1. The Bertz CT molecular complexity index is 1410. The van der Waals surface area contributed by atoms with Crippen molar-refractivity contribution in [2.45, 2.75) is 71.8 Å². The van der Waals surface area contributed by atoms with Gasteiger partial charge in [-0.15, -0.1) is 0 Å². The normalized spacial score (nSPS) is 14.4. The summed E-state index contributed by atoms with van der Waals surface area (Å²) in [4.78, 5) is 32.6. The molecule has 0 N–H and O–H groups in total. The number of carbonyl (C=O) groups excluding carboxylic acids is 2. The van der Waals surface area contributed by atoms with E-state index in [1.807, 2.05) is 25.8 Å². The van der Waals surface area contributed by atoms with Crippen molar-refractivity contribution in [1.29, 1.82) is 5.26 Å². The third-order valence-corrected chi connectivity index (χ3v) is 7.23. The first kappa shape index (κ1) is 29.1. The van der Waals surface area contributed by atoms with Crippen LogP contribution in [-0.2, 0) is 23.7 Å². The van der Waals surface area contributed by atoms with E-state index in [0.717, 1.165) is 35.6 Å². The molecule has 7 nitrogen and oxygen atoms in total. The molecule has 3 aromatic rings.